The lowest BCUT2D eigenvalue weighted by Gasteiger charge is -2.44. The molecule has 3 heterocycles. The first kappa shape index (κ1) is 16.5. The number of aryl methyl sites for hydroxylation is 1. The lowest BCUT2D eigenvalue weighted by Crippen LogP contribution is -2.60. The first-order valence-electron chi connectivity index (χ1n) is 8.37. The van der Waals surface area contributed by atoms with Gasteiger partial charge in [-0.15, -0.1) is 0 Å². The van der Waals surface area contributed by atoms with Gasteiger partial charge in [0.2, 0.25) is 0 Å². The zero-order valence-electron chi connectivity index (χ0n) is 14.3. The number of ether oxygens (including phenoxy) is 2. The summed E-state index contributed by atoms with van der Waals surface area (Å²) in [6, 6.07) is 4.21. The summed E-state index contributed by atoms with van der Waals surface area (Å²) in [7, 11) is 1.90. The van der Waals surface area contributed by atoms with Crippen LogP contribution in [-0.4, -0.2) is 77.9 Å². The fourth-order valence-corrected chi connectivity index (χ4v) is 3.42. The molecule has 6 nitrogen and oxygen atoms in total. The van der Waals surface area contributed by atoms with E-state index in [1.54, 1.807) is 0 Å². The number of carbonyl (C=O) groups is 1. The Morgan fingerprint density at radius 1 is 1.26 bits per heavy atom. The molecule has 1 aromatic heterocycles. The maximum atomic E-state index is 12.8. The number of aromatic nitrogens is 1. The van der Waals surface area contributed by atoms with Crippen LogP contribution in [0.3, 0.4) is 0 Å². The van der Waals surface area contributed by atoms with E-state index in [1.807, 2.05) is 34.8 Å². The van der Waals surface area contributed by atoms with E-state index in [0.717, 1.165) is 25.4 Å². The molecule has 1 spiro atoms. The molecule has 2 fully saturated rings. The highest BCUT2D eigenvalue weighted by atomic mass is 16.5. The molecular weight excluding hydrogens is 294 g/mol. The van der Waals surface area contributed by atoms with Crippen LogP contribution >= 0.6 is 0 Å². The number of nitrogens with zero attached hydrogens (tertiary/aromatic N) is 3. The third-order valence-corrected chi connectivity index (χ3v) is 4.81. The minimum Gasteiger partial charge on any atom is -0.377 e. The van der Waals surface area contributed by atoms with E-state index < -0.39 is 5.60 Å². The van der Waals surface area contributed by atoms with Gasteiger partial charge in [0.15, 0.2) is 0 Å². The van der Waals surface area contributed by atoms with Gasteiger partial charge in [0, 0.05) is 38.9 Å². The molecule has 3 rings (SSSR count). The maximum absolute atomic E-state index is 12.8. The second-order valence-corrected chi connectivity index (χ2v) is 6.88. The molecular formula is C17H27N3O3. The smallest absolute Gasteiger partial charge is 0.270 e. The van der Waals surface area contributed by atoms with Gasteiger partial charge in [0.25, 0.3) is 5.91 Å². The zero-order valence-corrected chi connectivity index (χ0v) is 14.3. The molecule has 1 aromatic rings. The van der Waals surface area contributed by atoms with E-state index in [0.29, 0.717) is 32.3 Å². The van der Waals surface area contributed by atoms with Crippen molar-refractivity contribution in [3.63, 3.8) is 0 Å². The van der Waals surface area contributed by atoms with Crippen molar-refractivity contribution in [2.75, 3.05) is 46.0 Å². The van der Waals surface area contributed by atoms with E-state index in [1.165, 1.54) is 0 Å². The van der Waals surface area contributed by atoms with Crippen LogP contribution in [0.25, 0.3) is 0 Å². The molecule has 0 bridgehead atoms. The van der Waals surface area contributed by atoms with Crippen molar-refractivity contribution >= 4 is 5.91 Å². The molecule has 23 heavy (non-hydrogen) atoms. The summed E-state index contributed by atoms with van der Waals surface area (Å²) < 4.78 is 13.8. The number of hydrogen-bond acceptors (Lipinski definition) is 4. The van der Waals surface area contributed by atoms with E-state index >= 15 is 0 Å². The summed E-state index contributed by atoms with van der Waals surface area (Å²) in [6.07, 6.45) is 1.90. The molecule has 0 aromatic carbocycles. The van der Waals surface area contributed by atoms with Gasteiger partial charge in [-0.25, -0.2) is 0 Å². The minimum atomic E-state index is -0.417. The highest BCUT2D eigenvalue weighted by molar-refractivity contribution is 5.92. The van der Waals surface area contributed by atoms with Gasteiger partial charge in [0.05, 0.1) is 26.4 Å². The Balaban J connectivity index is 1.76. The van der Waals surface area contributed by atoms with Gasteiger partial charge in [-0.2, -0.15) is 0 Å². The van der Waals surface area contributed by atoms with E-state index in [4.69, 9.17) is 9.47 Å². The highest BCUT2D eigenvalue weighted by Gasteiger charge is 2.42. The molecule has 128 valence electrons. The van der Waals surface area contributed by atoms with Crippen molar-refractivity contribution in [1.29, 1.82) is 0 Å². The average Bonchev–Trinajstić information content (AvgIpc) is 2.85. The molecule has 2 aliphatic rings. The topological polar surface area (TPSA) is 46.9 Å². The predicted octanol–water partition coefficient (Wildman–Crippen LogP) is 0.977. The number of rotatable bonds is 2. The lowest BCUT2D eigenvalue weighted by atomic mass is 10.0. The molecule has 0 aliphatic carbocycles. The molecule has 1 amide bonds. The Morgan fingerprint density at radius 2 is 2.09 bits per heavy atom. The summed E-state index contributed by atoms with van der Waals surface area (Å²) in [6.45, 7) is 9.14. The molecule has 1 unspecified atom stereocenters. The van der Waals surface area contributed by atoms with Crippen LogP contribution in [0.1, 0.15) is 24.3 Å². The maximum Gasteiger partial charge on any atom is 0.270 e. The van der Waals surface area contributed by atoms with Gasteiger partial charge < -0.3 is 18.9 Å². The van der Waals surface area contributed by atoms with E-state index in [2.05, 4.69) is 18.7 Å². The standard InChI is InChI=1S/C17H27N3O3/c1-14(2)19-7-9-22-13-17(11-19)12-20(8-10-23-17)16(21)15-5-4-6-18(15)3/h4-6,14H,7-13H2,1-3H3. The Labute approximate surface area is 137 Å². The van der Waals surface area contributed by atoms with Gasteiger partial charge in [-0.05, 0) is 26.0 Å². The Kier molecular flexibility index (Phi) is 4.75. The van der Waals surface area contributed by atoms with Crippen LogP contribution in [0.2, 0.25) is 0 Å². The van der Waals surface area contributed by atoms with Crippen molar-refractivity contribution < 1.29 is 14.3 Å². The van der Waals surface area contributed by atoms with Crippen LogP contribution in [0.15, 0.2) is 18.3 Å². The number of amides is 1. The van der Waals surface area contributed by atoms with Gasteiger partial charge >= 0.3 is 0 Å². The van der Waals surface area contributed by atoms with Crippen LogP contribution < -0.4 is 0 Å². The van der Waals surface area contributed by atoms with Crippen LogP contribution in [-0.2, 0) is 16.5 Å². The summed E-state index contributed by atoms with van der Waals surface area (Å²) >= 11 is 0. The van der Waals surface area contributed by atoms with Crippen LogP contribution in [0.4, 0.5) is 0 Å². The average molecular weight is 321 g/mol. The summed E-state index contributed by atoms with van der Waals surface area (Å²) in [5.74, 6) is 0.0699. The van der Waals surface area contributed by atoms with E-state index in [9.17, 15) is 4.79 Å². The number of hydrogen-bond donors (Lipinski definition) is 0. The second kappa shape index (κ2) is 6.63. The van der Waals surface area contributed by atoms with Crippen molar-refractivity contribution in [3.8, 4) is 0 Å². The second-order valence-electron chi connectivity index (χ2n) is 6.88. The van der Waals surface area contributed by atoms with Crippen LogP contribution in [0, 0.1) is 0 Å². The minimum absolute atomic E-state index is 0.0699. The zero-order chi connectivity index (χ0) is 16.4. The Bertz CT molecular complexity index is 557. The quantitative estimate of drug-likeness (QED) is 0.815. The van der Waals surface area contributed by atoms with Crippen molar-refractivity contribution in [2.45, 2.75) is 25.5 Å². The van der Waals surface area contributed by atoms with E-state index in [-0.39, 0.29) is 5.91 Å². The largest absolute Gasteiger partial charge is 0.377 e. The Hall–Kier alpha value is -1.37. The molecule has 1 atom stereocenters. The van der Waals surface area contributed by atoms with Crippen molar-refractivity contribution in [1.82, 2.24) is 14.4 Å². The third kappa shape index (κ3) is 3.44. The molecule has 2 aliphatic heterocycles. The summed E-state index contributed by atoms with van der Waals surface area (Å²) in [5.41, 5.74) is 0.303. The third-order valence-electron chi connectivity index (χ3n) is 4.81. The summed E-state index contributed by atoms with van der Waals surface area (Å²) in [4.78, 5) is 17.1. The molecule has 2 saturated heterocycles. The van der Waals surface area contributed by atoms with Gasteiger partial charge in [-0.1, -0.05) is 0 Å². The van der Waals surface area contributed by atoms with Crippen molar-refractivity contribution in [3.05, 3.63) is 24.0 Å². The molecule has 0 N–H and O–H groups in total. The fraction of sp³-hybridized carbons (Fsp3) is 0.706. The van der Waals surface area contributed by atoms with Gasteiger partial charge in [0.1, 0.15) is 11.3 Å². The highest BCUT2D eigenvalue weighted by Crippen LogP contribution is 2.24. The van der Waals surface area contributed by atoms with Crippen molar-refractivity contribution in [2.24, 2.45) is 7.05 Å². The SMILES string of the molecule is CC(C)N1CCOCC2(CN(C(=O)c3cccn3C)CCO2)C1. The molecule has 6 heteroatoms. The summed E-state index contributed by atoms with van der Waals surface area (Å²) in [5, 5.41) is 0. The monoisotopic (exact) mass is 321 g/mol. The predicted molar refractivity (Wildman–Crippen MR) is 87.5 cm³/mol. The number of morpholine rings is 1. The first-order chi connectivity index (χ1) is 11.0. The molecule has 0 radical (unpaired) electrons. The fourth-order valence-electron chi connectivity index (χ4n) is 3.42. The van der Waals surface area contributed by atoms with Crippen LogP contribution in [0.5, 0.6) is 0 Å². The first-order valence-corrected chi connectivity index (χ1v) is 8.37. The molecule has 0 saturated carbocycles. The normalized spacial score (nSPS) is 26.7. The number of carbonyl (C=O) groups excluding carboxylic acids is 1. The Morgan fingerprint density at radius 3 is 2.78 bits per heavy atom. The van der Waals surface area contributed by atoms with Gasteiger partial charge in [-0.3, -0.25) is 9.69 Å². The lowest BCUT2D eigenvalue weighted by molar-refractivity contribution is -0.134.